The zero-order valence-corrected chi connectivity index (χ0v) is 26.0. The summed E-state index contributed by atoms with van der Waals surface area (Å²) in [6.45, 7) is 0. The van der Waals surface area contributed by atoms with Gasteiger partial charge in [0.1, 0.15) is 0 Å². The van der Waals surface area contributed by atoms with Gasteiger partial charge in [-0.05, 0) is 72.8 Å². The lowest BCUT2D eigenvalue weighted by Gasteiger charge is -2.12. The Bertz CT molecular complexity index is 1770. The van der Waals surface area contributed by atoms with Crippen molar-refractivity contribution in [3.05, 3.63) is 130 Å². The number of thioether (sulfide) groups is 2. The van der Waals surface area contributed by atoms with E-state index in [1.54, 1.807) is 48.5 Å². The predicted octanol–water partition coefficient (Wildman–Crippen LogP) is 7.77. The van der Waals surface area contributed by atoms with E-state index >= 15 is 0 Å². The number of benzene rings is 4. The Kier molecular flexibility index (Phi) is 9.23. The van der Waals surface area contributed by atoms with Gasteiger partial charge in [-0.25, -0.2) is 0 Å². The molecule has 44 heavy (non-hydrogen) atoms. The third kappa shape index (κ3) is 6.63. The number of nitrogens with zero attached hydrogens (tertiary/aromatic N) is 6. The minimum Gasteiger partial charge on any atom is -0.293 e. The number of hydrogen-bond donors (Lipinski definition) is 0. The van der Waals surface area contributed by atoms with E-state index in [9.17, 15) is 9.59 Å². The Morgan fingerprint density at radius 1 is 0.523 bits per heavy atom. The minimum absolute atomic E-state index is 0.0627. The lowest BCUT2D eigenvalue weighted by molar-refractivity contribution is 0.101. The van der Waals surface area contributed by atoms with Crippen LogP contribution in [0.25, 0.3) is 23.0 Å². The Morgan fingerprint density at radius 2 is 0.886 bits per heavy atom. The molecule has 6 aromatic rings. The predicted molar refractivity (Wildman–Crippen MR) is 175 cm³/mol. The van der Waals surface area contributed by atoms with Crippen LogP contribution in [0.1, 0.15) is 20.7 Å². The summed E-state index contributed by atoms with van der Waals surface area (Å²) in [5, 5.41) is 20.1. The SMILES string of the molecule is O=C(CSc1nnc(-c2nnc(SCC(=O)c3ccc(Cl)cc3)n2-c2ccccc2)n1-c1ccccc1)c1ccc(Cl)cc1. The van der Waals surface area contributed by atoms with Crippen LogP contribution >= 0.6 is 46.7 Å². The summed E-state index contributed by atoms with van der Waals surface area (Å²) in [7, 11) is 0. The monoisotopic (exact) mass is 656 g/mol. The maximum atomic E-state index is 13.0. The van der Waals surface area contributed by atoms with Gasteiger partial charge < -0.3 is 0 Å². The molecule has 2 heterocycles. The van der Waals surface area contributed by atoms with E-state index in [1.165, 1.54) is 23.5 Å². The van der Waals surface area contributed by atoms with Crippen LogP contribution in [0.4, 0.5) is 0 Å². The number of carbonyl (C=O) groups excluding carboxylic acids is 2. The van der Waals surface area contributed by atoms with Crippen molar-refractivity contribution in [1.29, 1.82) is 0 Å². The van der Waals surface area contributed by atoms with Gasteiger partial charge in [0.15, 0.2) is 21.9 Å². The molecule has 218 valence electrons. The molecule has 0 fully saturated rings. The zero-order valence-electron chi connectivity index (χ0n) is 22.9. The van der Waals surface area contributed by atoms with Gasteiger partial charge in [-0.2, -0.15) is 0 Å². The molecule has 6 rings (SSSR count). The summed E-state index contributed by atoms with van der Waals surface area (Å²) in [4.78, 5) is 25.9. The van der Waals surface area contributed by atoms with Crippen LogP contribution < -0.4 is 0 Å². The molecular weight excluding hydrogens is 635 g/mol. The van der Waals surface area contributed by atoms with Crippen molar-refractivity contribution in [3.63, 3.8) is 0 Å². The van der Waals surface area contributed by atoms with E-state index in [0.717, 1.165) is 11.4 Å². The van der Waals surface area contributed by atoms with Gasteiger partial charge in [0, 0.05) is 32.5 Å². The van der Waals surface area contributed by atoms with Crippen molar-refractivity contribution in [2.45, 2.75) is 10.3 Å². The fraction of sp³-hybridized carbons (Fsp3) is 0.0625. The molecular formula is C32H22Cl2N6O2S2. The van der Waals surface area contributed by atoms with Gasteiger partial charge in [-0.3, -0.25) is 18.7 Å². The molecule has 0 atom stereocenters. The number of aromatic nitrogens is 6. The van der Waals surface area contributed by atoms with Crippen molar-refractivity contribution in [1.82, 2.24) is 29.5 Å². The molecule has 0 aliphatic rings. The highest BCUT2D eigenvalue weighted by atomic mass is 35.5. The first-order valence-electron chi connectivity index (χ1n) is 13.3. The van der Waals surface area contributed by atoms with Crippen molar-refractivity contribution >= 4 is 58.3 Å². The van der Waals surface area contributed by atoms with Crippen LogP contribution in [-0.4, -0.2) is 52.6 Å². The minimum atomic E-state index is -0.0627. The molecule has 0 saturated heterocycles. The number of Topliss-reactive ketones (excluding diaryl/α,β-unsaturated/α-hetero) is 2. The highest BCUT2D eigenvalue weighted by Crippen LogP contribution is 2.32. The first-order chi connectivity index (χ1) is 21.5. The first-order valence-corrected chi connectivity index (χ1v) is 16.1. The third-order valence-electron chi connectivity index (χ3n) is 6.49. The molecule has 0 aliphatic carbocycles. The molecule has 8 nitrogen and oxygen atoms in total. The van der Waals surface area contributed by atoms with Crippen LogP contribution in [0, 0.1) is 0 Å². The third-order valence-corrected chi connectivity index (χ3v) is 8.85. The smallest absolute Gasteiger partial charge is 0.207 e. The molecule has 12 heteroatoms. The Hall–Kier alpha value is -4.22. The van der Waals surface area contributed by atoms with Gasteiger partial charge in [-0.1, -0.05) is 83.1 Å². The second-order valence-corrected chi connectivity index (χ2v) is 12.1. The van der Waals surface area contributed by atoms with Gasteiger partial charge in [-0.15, -0.1) is 20.4 Å². The van der Waals surface area contributed by atoms with Crippen LogP contribution in [0.5, 0.6) is 0 Å². The zero-order chi connectivity index (χ0) is 30.5. The van der Waals surface area contributed by atoms with Crippen LogP contribution in [0.15, 0.2) is 120 Å². The van der Waals surface area contributed by atoms with Crippen molar-refractivity contribution in [2.75, 3.05) is 11.5 Å². The molecule has 0 unspecified atom stereocenters. The molecule has 0 spiro atoms. The lowest BCUT2D eigenvalue weighted by atomic mass is 10.1. The largest absolute Gasteiger partial charge is 0.293 e. The number of halogens is 2. The molecule has 0 amide bonds. The standard InChI is InChI=1S/C32H22Cl2N6O2S2/c33-23-15-11-21(12-16-23)27(41)19-43-31-37-35-29(39(31)25-7-3-1-4-8-25)30-36-38-32(40(30)26-9-5-2-6-10-26)44-20-28(42)22-13-17-24(34)18-14-22/h1-18H,19-20H2. The fourth-order valence-electron chi connectivity index (χ4n) is 4.33. The van der Waals surface area contributed by atoms with Crippen molar-refractivity contribution in [3.8, 4) is 23.0 Å². The molecule has 0 radical (unpaired) electrons. The summed E-state index contributed by atoms with van der Waals surface area (Å²) in [5.74, 6) is 1.03. The van der Waals surface area contributed by atoms with E-state index in [-0.39, 0.29) is 23.1 Å². The molecule has 0 bridgehead atoms. The quantitative estimate of drug-likeness (QED) is 0.103. The average molecular weight is 658 g/mol. The summed E-state index contributed by atoms with van der Waals surface area (Å²) >= 11 is 14.5. The maximum absolute atomic E-state index is 13.0. The van der Waals surface area contributed by atoms with Crippen LogP contribution in [0.2, 0.25) is 10.0 Å². The molecule has 0 aliphatic heterocycles. The Labute approximate surface area is 271 Å². The van der Waals surface area contributed by atoms with Gasteiger partial charge in [0.05, 0.1) is 11.5 Å². The van der Waals surface area contributed by atoms with Crippen LogP contribution in [-0.2, 0) is 0 Å². The summed E-state index contributed by atoms with van der Waals surface area (Å²) < 4.78 is 3.72. The highest BCUT2D eigenvalue weighted by molar-refractivity contribution is 8.00. The topological polar surface area (TPSA) is 95.6 Å². The van der Waals surface area contributed by atoms with E-state index < -0.39 is 0 Å². The molecule has 0 saturated carbocycles. The molecule has 2 aromatic heterocycles. The number of carbonyl (C=O) groups is 2. The van der Waals surface area contributed by atoms with E-state index in [2.05, 4.69) is 20.4 Å². The summed E-state index contributed by atoms with van der Waals surface area (Å²) in [5.41, 5.74) is 2.71. The number of para-hydroxylation sites is 2. The second-order valence-electron chi connectivity index (χ2n) is 9.39. The maximum Gasteiger partial charge on any atom is 0.207 e. The van der Waals surface area contributed by atoms with E-state index in [4.69, 9.17) is 23.2 Å². The second kappa shape index (κ2) is 13.6. The normalized spacial score (nSPS) is 11.0. The fourth-order valence-corrected chi connectivity index (χ4v) is 6.28. The molecule has 0 N–H and O–H groups in total. The number of hydrogen-bond acceptors (Lipinski definition) is 8. The van der Waals surface area contributed by atoms with Gasteiger partial charge >= 0.3 is 0 Å². The first kappa shape index (κ1) is 29.8. The van der Waals surface area contributed by atoms with Crippen molar-refractivity contribution < 1.29 is 9.59 Å². The van der Waals surface area contributed by atoms with Gasteiger partial charge in [0.2, 0.25) is 11.6 Å². The highest BCUT2D eigenvalue weighted by Gasteiger charge is 2.25. The molecule has 4 aromatic carbocycles. The van der Waals surface area contributed by atoms with E-state index in [1.807, 2.05) is 69.8 Å². The summed E-state index contributed by atoms with van der Waals surface area (Å²) in [6, 6.07) is 32.8. The Balaban J connectivity index is 1.36. The van der Waals surface area contributed by atoms with Crippen LogP contribution in [0.3, 0.4) is 0 Å². The number of rotatable bonds is 11. The lowest BCUT2D eigenvalue weighted by Crippen LogP contribution is -2.08. The Morgan fingerprint density at radius 3 is 1.25 bits per heavy atom. The van der Waals surface area contributed by atoms with Crippen molar-refractivity contribution in [2.24, 2.45) is 0 Å². The summed E-state index contributed by atoms with van der Waals surface area (Å²) in [6.07, 6.45) is 0. The average Bonchev–Trinajstić information content (AvgIpc) is 3.68. The van der Waals surface area contributed by atoms with E-state index in [0.29, 0.717) is 43.1 Å². The van der Waals surface area contributed by atoms with Gasteiger partial charge in [0.25, 0.3) is 0 Å². The number of ketones is 2.